The van der Waals surface area contributed by atoms with Crippen LogP contribution in [0.5, 0.6) is 0 Å². The van der Waals surface area contributed by atoms with Crippen molar-refractivity contribution in [1.29, 1.82) is 0 Å². The SMILES string of the molecule is C=CCNC(=O)C(=O)C(CC1CC1)NC(=O)C1CCCN1C(=O)CNC.CC.CC(C)C.CCC.CCSNC(C=O)C1(C)CCCCC1. The molecule has 0 aromatic rings. The Kier molecular flexibility index (Phi) is 29.4. The Morgan fingerprint density at radius 3 is 2.02 bits per heavy atom. The Bertz CT molecular complexity index is 935. The van der Waals surface area contributed by atoms with Gasteiger partial charge in [0.05, 0.1) is 18.6 Å². The quantitative estimate of drug-likeness (QED) is 0.0679. The minimum atomic E-state index is -0.846. The standard InChI is InChI=1S/C18H28N4O4.C11H21NOS.C4H10.C3H8.C2H6/c1-3-8-20-18(26)16(24)13(10-12-6-7-12)21-17(25)14-5-4-9-22(14)15(23)11-19-2;1-3-14-12-10(9-13)11(2)7-5-4-6-8-11;1-4(2)3;1-3-2;1-2/h3,12-14,19H,1,4-11H2,2H3,(H,20,26)(H,21,25);9-10,12H,3-8H2,1-2H3;4H,1-3H3;3H2,1-2H3;1-2H3. The molecule has 49 heavy (non-hydrogen) atoms. The Labute approximate surface area is 304 Å². The highest BCUT2D eigenvalue weighted by molar-refractivity contribution is 7.97. The van der Waals surface area contributed by atoms with Gasteiger partial charge in [0.25, 0.3) is 5.91 Å². The van der Waals surface area contributed by atoms with Gasteiger partial charge in [0.2, 0.25) is 17.6 Å². The lowest BCUT2D eigenvalue weighted by Gasteiger charge is -2.38. The average molecular weight is 712 g/mol. The first-order valence-electron chi connectivity index (χ1n) is 18.8. The van der Waals surface area contributed by atoms with E-state index in [1.807, 2.05) is 13.8 Å². The summed E-state index contributed by atoms with van der Waals surface area (Å²) in [4.78, 5) is 61.8. The molecule has 3 unspecified atom stereocenters. The van der Waals surface area contributed by atoms with Crippen LogP contribution >= 0.6 is 11.9 Å². The maximum atomic E-state index is 12.7. The maximum absolute atomic E-state index is 12.7. The van der Waals surface area contributed by atoms with E-state index >= 15 is 0 Å². The average Bonchev–Trinajstić information content (AvgIpc) is 3.75. The molecule has 11 heteroatoms. The molecule has 1 saturated heterocycles. The third kappa shape index (κ3) is 21.6. The van der Waals surface area contributed by atoms with Crippen LogP contribution in [0.15, 0.2) is 12.7 Å². The van der Waals surface area contributed by atoms with Gasteiger partial charge in [0, 0.05) is 18.8 Å². The Morgan fingerprint density at radius 1 is 0.980 bits per heavy atom. The van der Waals surface area contributed by atoms with Gasteiger partial charge >= 0.3 is 0 Å². The first-order valence-corrected chi connectivity index (χ1v) is 19.8. The van der Waals surface area contributed by atoms with Gasteiger partial charge in [-0.2, -0.15) is 0 Å². The summed E-state index contributed by atoms with van der Waals surface area (Å²) in [6.45, 7) is 23.5. The molecule has 3 amide bonds. The van der Waals surface area contributed by atoms with E-state index in [0.29, 0.717) is 25.3 Å². The van der Waals surface area contributed by atoms with E-state index in [0.717, 1.165) is 37.2 Å². The molecule has 3 rings (SSSR count). The maximum Gasteiger partial charge on any atom is 0.289 e. The third-order valence-electron chi connectivity index (χ3n) is 7.97. The van der Waals surface area contributed by atoms with Crippen molar-refractivity contribution >= 4 is 41.7 Å². The number of carbonyl (C=O) groups excluding carboxylic acids is 5. The number of ketones is 1. The fourth-order valence-corrected chi connectivity index (χ4v) is 6.05. The number of nitrogens with zero attached hydrogens (tertiary/aromatic N) is 1. The molecular formula is C38H73N5O5S. The molecule has 2 saturated carbocycles. The van der Waals surface area contributed by atoms with Crippen LogP contribution in [-0.2, 0) is 24.0 Å². The number of nitrogens with one attached hydrogen (secondary N) is 4. The van der Waals surface area contributed by atoms with Crippen LogP contribution in [0.25, 0.3) is 0 Å². The van der Waals surface area contributed by atoms with Gasteiger partial charge in [0.1, 0.15) is 12.3 Å². The molecule has 3 fully saturated rings. The third-order valence-corrected chi connectivity index (χ3v) is 8.68. The van der Waals surface area contributed by atoms with Crippen LogP contribution in [-0.4, -0.2) is 85.3 Å². The molecule has 3 atom stereocenters. The molecule has 4 N–H and O–H groups in total. The molecule has 0 bridgehead atoms. The largest absolute Gasteiger partial charge is 0.346 e. The summed E-state index contributed by atoms with van der Waals surface area (Å²) in [5.74, 6) is 0.354. The minimum Gasteiger partial charge on any atom is -0.346 e. The summed E-state index contributed by atoms with van der Waals surface area (Å²) in [6.07, 6.45) is 13.9. The van der Waals surface area contributed by atoms with Crippen molar-refractivity contribution in [3.05, 3.63) is 12.7 Å². The topological polar surface area (TPSA) is 137 Å². The smallest absolute Gasteiger partial charge is 0.289 e. The second kappa shape index (κ2) is 29.5. The molecule has 0 spiro atoms. The molecule has 286 valence electrons. The summed E-state index contributed by atoms with van der Waals surface area (Å²) in [5.41, 5.74) is 0.197. The molecule has 1 heterocycles. The number of likely N-dealkylation sites (tertiary alicyclic amines) is 1. The lowest BCUT2D eigenvalue weighted by Crippen LogP contribution is -2.54. The number of carbonyl (C=O) groups is 5. The predicted octanol–water partition coefficient (Wildman–Crippen LogP) is 6.24. The van der Waals surface area contributed by atoms with E-state index in [9.17, 15) is 24.0 Å². The van der Waals surface area contributed by atoms with Crippen molar-refractivity contribution in [2.45, 2.75) is 151 Å². The number of aldehydes is 1. The van der Waals surface area contributed by atoms with Crippen LogP contribution in [0.3, 0.4) is 0 Å². The lowest BCUT2D eigenvalue weighted by molar-refractivity contribution is -0.142. The molecule has 1 aliphatic heterocycles. The van der Waals surface area contributed by atoms with Gasteiger partial charge < -0.3 is 25.6 Å². The Hall–Kier alpha value is -2.24. The summed E-state index contributed by atoms with van der Waals surface area (Å²) in [7, 11) is 1.68. The van der Waals surface area contributed by atoms with Gasteiger partial charge in [0.15, 0.2) is 0 Å². The first kappa shape index (κ1) is 48.9. The number of rotatable bonds is 15. The molecular weight excluding hydrogens is 639 g/mol. The molecule has 10 nitrogen and oxygen atoms in total. The van der Waals surface area contributed by atoms with Crippen LogP contribution in [0.4, 0.5) is 0 Å². The molecule has 0 aromatic heterocycles. The van der Waals surface area contributed by atoms with E-state index in [2.05, 4.69) is 75.7 Å². The lowest BCUT2D eigenvalue weighted by atomic mass is 9.71. The van der Waals surface area contributed by atoms with Gasteiger partial charge in [-0.25, -0.2) is 0 Å². The van der Waals surface area contributed by atoms with Gasteiger partial charge in [-0.05, 0) is 56.4 Å². The highest BCUT2D eigenvalue weighted by Crippen LogP contribution is 2.38. The summed E-state index contributed by atoms with van der Waals surface area (Å²) in [6, 6.07) is -1.39. The second-order valence-electron chi connectivity index (χ2n) is 13.7. The summed E-state index contributed by atoms with van der Waals surface area (Å²) in [5, 5.41) is 7.98. The van der Waals surface area contributed by atoms with E-state index in [1.54, 1.807) is 23.9 Å². The predicted molar refractivity (Wildman–Crippen MR) is 206 cm³/mol. The Morgan fingerprint density at radius 2 is 1.55 bits per heavy atom. The molecule has 0 radical (unpaired) electrons. The van der Waals surface area contributed by atoms with Crippen LogP contribution < -0.4 is 20.7 Å². The second-order valence-corrected chi connectivity index (χ2v) is 14.8. The van der Waals surface area contributed by atoms with E-state index < -0.39 is 23.8 Å². The minimum absolute atomic E-state index is 0.0350. The highest BCUT2D eigenvalue weighted by Gasteiger charge is 2.38. The van der Waals surface area contributed by atoms with Crippen LogP contribution in [0.2, 0.25) is 0 Å². The van der Waals surface area contributed by atoms with E-state index in [-0.39, 0.29) is 36.4 Å². The van der Waals surface area contributed by atoms with Crippen molar-refractivity contribution in [3.63, 3.8) is 0 Å². The van der Waals surface area contributed by atoms with Crippen molar-refractivity contribution in [2.75, 3.05) is 32.4 Å². The fraction of sp³-hybridized carbons (Fsp3) is 0.816. The number of Topliss-reactive ketones (excluding diaryl/α,β-unsaturated/α-hetero) is 1. The van der Waals surface area contributed by atoms with Gasteiger partial charge in [-0.15, -0.1) is 6.58 Å². The summed E-state index contributed by atoms with van der Waals surface area (Å²) >= 11 is 1.65. The number of hydrogen-bond donors (Lipinski definition) is 4. The van der Waals surface area contributed by atoms with E-state index in [1.165, 1.54) is 44.6 Å². The number of likely N-dealkylation sites (N-methyl/N-ethyl adjacent to an activating group) is 1. The summed E-state index contributed by atoms with van der Waals surface area (Å²) < 4.78 is 3.28. The van der Waals surface area contributed by atoms with Gasteiger partial charge in [-0.1, -0.05) is 119 Å². The zero-order valence-electron chi connectivity index (χ0n) is 32.8. The van der Waals surface area contributed by atoms with E-state index in [4.69, 9.17) is 0 Å². The van der Waals surface area contributed by atoms with Crippen molar-refractivity contribution in [2.24, 2.45) is 17.3 Å². The van der Waals surface area contributed by atoms with Crippen molar-refractivity contribution < 1.29 is 24.0 Å². The highest BCUT2D eigenvalue weighted by atomic mass is 32.2. The zero-order valence-corrected chi connectivity index (χ0v) is 33.6. The van der Waals surface area contributed by atoms with Crippen molar-refractivity contribution in [1.82, 2.24) is 25.6 Å². The van der Waals surface area contributed by atoms with Gasteiger partial charge in [-0.3, -0.25) is 23.9 Å². The number of hydrogen-bond acceptors (Lipinski definition) is 8. The Balaban J connectivity index is 0. The van der Waals surface area contributed by atoms with Crippen molar-refractivity contribution in [3.8, 4) is 0 Å². The molecule has 0 aromatic carbocycles. The molecule has 3 aliphatic rings. The first-order chi connectivity index (χ1) is 23.3. The monoisotopic (exact) mass is 712 g/mol. The van der Waals surface area contributed by atoms with Crippen LogP contribution in [0.1, 0.15) is 133 Å². The molecule has 2 aliphatic carbocycles. The van der Waals surface area contributed by atoms with Crippen LogP contribution in [0, 0.1) is 17.3 Å². The zero-order chi connectivity index (χ0) is 37.8. The number of amides is 3. The normalized spacial score (nSPS) is 18.6. The fourth-order valence-electron chi connectivity index (χ4n) is 5.36.